The van der Waals surface area contributed by atoms with Gasteiger partial charge in [0.15, 0.2) is 6.61 Å². The molecule has 33 heavy (non-hydrogen) atoms. The highest BCUT2D eigenvalue weighted by atomic mass is 35.5. The van der Waals surface area contributed by atoms with Crippen molar-refractivity contribution in [2.75, 3.05) is 17.2 Å². The van der Waals surface area contributed by atoms with Crippen LogP contribution in [0.5, 0.6) is 5.75 Å². The van der Waals surface area contributed by atoms with Crippen LogP contribution < -0.4 is 20.8 Å². The molecule has 0 aliphatic heterocycles. The lowest BCUT2D eigenvalue weighted by atomic mass is 10.2. The second-order valence-corrected chi connectivity index (χ2v) is 7.37. The molecule has 0 saturated carbocycles. The molecule has 0 spiro atoms. The third-order valence-corrected chi connectivity index (χ3v) is 4.81. The monoisotopic (exact) mass is 484 g/mol. The molecule has 3 aromatic rings. The summed E-state index contributed by atoms with van der Waals surface area (Å²) >= 11 is 11.7. The first-order valence-corrected chi connectivity index (χ1v) is 10.3. The molecule has 3 aromatic carbocycles. The Morgan fingerprint density at radius 1 is 0.818 bits per heavy atom. The number of amides is 3. The summed E-state index contributed by atoms with van der Waals surface area (Å²) in [5.41, 5.74) is 3.78. The molecule has 0 unspecified atom stereocenters. The van der Waals surface area contributed by atoms with Gasteiger partial charge in [-0.3, -0.25) is 14.4 Å². The highest BCUT2D eigenvalue weighted by molar-refractivity contribution is 6.43. The van der Waals surface area contributed by atoms with Crippen LogP contribution in [0.25, 0.3) is 0 Å². The van der Waals surface area contributed by atoms with E-state index in [-0.39, 0.29) is 17.5 Å². The van der Waals surface area contributed by atoms with Crippen molar-refractivity contribution in [3.8, 4) is 5.75 Å². The number of ether oxygens (including phenoxy) is 1. The van der Waals surface area contributed by atoms with E-state index < -0.39 is 11.8 Å². The van der Waals surface area contributed by atoms with E-state index in [1.807, 2.05) is 18.2 Å². The number of para-hydroxylation sites is 1. The number of carbonyl (C=O) groups excluding carboxylic acids is 3. The lowest BCUT2D eigenvalue weighted by Crippen LogP contribution is -2.32. The Hall–Kier alpha value is -3.88. The summed E-state index contributed by atoms with van der Waals surface area (Å²) in [6.45, 7) is -0.146. The Bertz CT molecular complexity index is 1170. The Balaban J connectivity index is 1.43. The molecule has 8 nitrogen and oxygen atoms in total. The highest BCUT2D eigenvalue weighted by Crippen LogP contribution is 2.24. The minimum atomic E-state index is -0.957. The van der Waals surface area contributed by atoms with Crippen LogP contribution in [0.15, 0.2) is 77.9 Å². The number of hydrogen-bond donors (Lipinski definition) is 3. The predicted octanol–water partition coefficient (Wildman–Crippen LogP) is 4.10. The van der Waals surface area contributed by atoms with E-state index in [2.05, 4.69) is 21.2 Å². The number of nitrogens with one attached hydrogen (secondary N) is 3. The fourth-order valence-electron chi connectivity index (χ4n) is 2.50. The first-order valence-electron chi connectivity index (χ1n) is 9.58. The highest BCUT2D eigenvalue weighted by Gasteiger charge is 2.13. The van der Waals surface area contributed by atoms with Crippen LogP contribution in [0.4, 0.5) is 11.4 Å². The number of benzene rings is 3. The zero-order valence-electron chi connectivity index (χ0n) is 17.0. The number of carbonyl (C=O) groups is 3. The van der Waals surface area contributed by atoms with Crippen molar-refractivity contribution >= 4 is 58.5 Å². The predicted molar refractivity (Wildman–Crippen MR) is 128 cm³/mol. The summed E-state index contributed by atoms with van der Waals surface area (Å²) in [7, 11) is 0. The number of hydrazone groups is 1. The average molecular weight is 485 g/mol. The molecule has 0 aliphatic rings. The Morgan fingerprint density at radius 3 is 2.24 bits per heavy atom. The summed E-state index contributed by atoms with van der Waals surface area (Å²) in [5.74, 6) is -1.67. The summed E-state index contributed by atoms with van der Waals surface area (Å²) in [5, 5.41) is 9.43. The lowest BCUT2D eigenvalue weighted by molar-refractivity contribution is -0.136. The largest absolute Gasteiger partial charge is 0.484 e. The summed E-state index contributed by atoms with van der Waals surface area (Å²) < 4.78 is 5.44. The van der Waals surface area contributed by atoms with Crippen LogP contribution in [0, 0.1) is 0 Å². The molecule has 0 saturated heterocycles. The molecule has 168 valence electrons. The topological polar surface area (TPSA) is 109 Å². The zero-order chi connectivity index (χ0) is 23.6. The third-order valence-electron chi connectivity index (χ3n) is 4.07. The first-order chi connectivity index (χ1) is 15.9. The van der Waals surface area contributed by atoms with Gasteiger partial charge < -0.3 is 15.4 Å². The van der Waals surface area contributed by atoms with E-state index in [0.717, 1.165) is 0 Å². The van der Waals surface area contributed by atoms with Gasteiger partial charge in [0.2, 0.25) is 0 Å². The molecule has 10 heteroatoms. The van der Waals surface area contributed by atoms with Gasteiger partial charge in [-0.1, -0.05) is 41.4 Å². The van der Waals surface area contributed by atoms with E-state index in [1.165, 1.54) is 24.4 Å². The van der Waals surface area contributed by atoms with Crippen LogP contribution in [-0.4, -0.2) is 30.5 Å². The fourth-order valence-corrected chi connectivity index (χ4v) is 2.79. The van der Waals surface area contributed by atoms with Gasteiger partial charge in [0.25, 0.3) is 5.91 Å². The molecular weight excluding hydrogens is 467 g/mol. The van der Waals surface area contributed by atoms with Gasteiger partial charge in [-0.05, 0) is 60.2 Å². The van der Waals surface area contributed by atoms with Gasteiger partial charge in [-0.2, -0.15) is 5.10 Å². The fraction of sp³-hybridized carbons (Fsp3) is 0.0435. The van der Waals surface area contributed by atoms with Gasteiger partial charge in [0.05, 0.1) is 16.3 Å². The summed E-state index contributed by atoms with van der Waals surface area (Å²) in [4.78, 5) is 35.7. The Morgan fingerprint density at radius 2 is 1.55 bits per heavy atom. The Labute approximate surface area is 199 Å². The van der Waals surface area contributed by atoms with Gasteiger partial charge >= 0.3 is 11.8 Å². The first kappa shape index (κ1) is 23.8. The van der Waals surface area contributed by atoms with Crippen molar-refractivity contribution in [2.45, 2.75) is 0 Å². The van der Waals surface area contributed by atoms with E-state index in [9.17, 15) is 14.4 Å². The smallest absolute Gasteiger partial charge is 0.329 e. The number of hydrogen-bond acceptors (Lipinski definition) is 5. The van der Waals surface area contributed by atoms with Crippen molar-refractivity contribution in [3.05, 3.63) is 88.4 Å². The second-order valence-electron chi connectivity index (χ2n) is 6.55. The van der Waals surface area contributed by atoms with Gasteiger partial charge in [0.1, 0.15) is 5.75 Å². The van der Waals surface area contributed by atoms with Crippen LogP contribution >= 0.6 is 23.2 Å². The average Bonchev–Trinajstić information content (AvgIpc) is 2.81. The maximum absolute atomic E-state index is 11.9. The van der Waals surface area contributed by atoms with Crippen molar-refractivity contribution in [3.63, 3.8) is 0 Å². The third kappa shape index (κ3) is 7.64. The summed E-state index contributed by atoms with van der Waals surface area (Å²) in [6, 6.07) is 20.1. The van der Waals surface area contributed by atoms with E-state index >= 15 is 0 Å². The molecule has 3 rings (SSSR count). The van der Waals surface area contributed by atoms with Crippen LogP contribution in [0.1, 0.15) is 5.56 Å². The number of nitrogens with zero attached hydrogens (tertiary/aromatic N) is 1. The molecule has 3 N–H and O–H groups in total. The minimum absolute atomic E-state index is 0.146. The quantitative estimate of drug-likeness (QED) is 0.266. The molecule has 3 amide bonds. The number of halogens is 2. The zero-order valence-corrected chi connectivity index (χ0v) is 18.6. The van der Waals surface area contributed by atoms with Crippen LogP contribution in [0.2, 0.25) is 10.0 Å². The standard InChI is InChI=1S/C23H18Cl2N4O4/c24-19-11-8-17(12-20(19)25)28-22(31)23(32)29-26-13-15-6-9-18(10-7-15)33-14-21(30)27-16-4-2-1-3-5-16/h1-13H,14H2,(H,27,30)(H,28,31)(H,29,32)/b26-13-. The van der Waals surface area contributed by atoms with Crippen molar-refractivity contribution in [1.82, 2.24) is 5.43 Å². The van der Waals surface area contributed by atoms with Crippen molar-refractivity contribution < 1.29 is 19.1 Å². The molecular formula is C23H18Cl2N4O4. The molecule has 0 aromatic heterocycles. The normalized spacial score (nSPS) is 10.5. The number of rotatable bonds is 7. The lowest BCUT2D eigenvalue weighted by Gasteiger charge is -2.07. The second kappa shape index (κ2) is 11.7. The van der Waals surface area contributed by atoms with Gasteiger partial charge in [-0.25, -0.2) is 5.43 Å². The Kier molecular flexibility index (Phi) is 8.40. The molecule has 0 aliphatic carbocycles. The van der Waals surface area contributed by atoms with Gasteiger partial charge in [0, 0.05) is 11.4 Å². The van der Waals surface area contributed by atoms with E-state index in [1.54, 1.807) is 36.4 Å². The molecule has 0 radical (unpaired) electrons. The maximum atomic E-state index is 11.9. The van der Waals surface area contributed by atoms with Crippen LogP contribution in [-0.2, 0) is 14.4 Å². The number of anilines is 2. The molecule has 0 atom stereocenters. The molecule has 0 bridgehead atoms. The minimum Gasteiger partial charge on any atom is -0.484 e. The maximum Gasteiger partial charge on any atom is 0.329 e. The molecule has 0 heterocycles. The van der Waals surface area contributed by atoms with E-state index in [0.29, 0.717) is 27.7 Å². The van der Waals surface area contributed by atoms with Crippen LogP contribution in [0.3, 0.4) is 0 Å². The summed E-state index contributed by atoms with van der Waals surface area (Å²) in [6.07, 6.45) is 1.36. The van der Waals surface area contributed by atoms with Gasteiger partial charge in [-0.15, -0.1) is 0 Å². The van der Waals surface area contributed by atoms with Crippen molar-refractivity contribution in [1.29, 1.82) is 0 Å². The van der Waals surface area contributed by atoms with Crippen molar-refractivity contribution in [2.24, 2.45) is 5.10 Å². The van der Waals surface area contributed by atoms with E-state index in [4.69, 9.17) is 27.9 Å². The molecule has 0 fully saturated rings. The SMILES string of the molecule is O=C(COc1ccc(/C=N\NC(=O)C(=O)Nc2ccc(Cl)c(Cl)c2)cc1)Nc1ccccc1.